The number of furan rings is 1. The van der Waals surface area contributed by atoms with Gasteiger partial charge in [0.2, 0.25) is 5.91 Å². The molecule has 1 amide bonds. The molecule has 0 radical (unpaired) electrons. The first-order valence-corrected chi connectivity index (χ1v) is 11.5. The molecule has 0 N–H and O–H groups in total. The molecule has 0 unspecified atom stereocenters. The van der Waals surface area contributed by atoms with Gasteiger partial charge in [0.05, 0.1) is 12.4 Å². The highest BCUT2D eigenvalue weighted by Gasteiger charge is 2.27. The molecule has 1 atom stereocenters. The van der Waals surface area contributed by atoms with Crippen LogP contribution in [0.4, 0.5) is 4.39 Å². The smallest absolute Gasteiger partial charge is 0.223 e. The Hall–Kier alpha value is -2.18. The first-order valence-electron chi connectivity index (χ1n) is 11.5. The minimum absolute atomic E-state index is 0.130. The summed E-state index contributed by atoms with van der Waals surface area (Å²) in [5, 5.41) is 0. The number of aryl methyl sites for hydroxylation is 1. The molecular formula is C25H33FN2O3. The largest absolute Gasteiger partial charge is 0.469 e. The minimum atomic E-state index is -0.130. The highest BCUT2D eigenvalue weighted by molar-refractivity contribution is 5.76. The number of piperidine rings is 1. The number of ether oxygens (including phenoxy) is 1. The van der Waals surface area contributed by atoms with Gasteiger partial charge in [-0.25, -0.2) is 4.39 Å². The van der Waals surface area contributed by atoms with E-state index in [0.717, 1.165) is 63.2 Å². The Morgan fingerprint density at radius 3 is 2.65 bits per heavy atom. The van der Waals surface area contributed by atoms with E-state index in [1.54, 1.807) is 12.3 Å². The van der Waals surface area contributed by atoms with Crippen molar-refractivity contribution in [3.05, 3.63) is 59.8 Å². The average molecular weight is 429 g/mol. The van der Waals surface area contributed by atoms with Crippen molar-refractivity contribution in [2.45, 2.75) is 51.2 Å². The average Bonchev–Trinajstić information content (AvgIpc) is 3.49. The molecule has 2 fully saturated rings. The molecule has 2 aromatic rings. The number of hydrogen-bond donors (Lipinski definition) is 0. The van der Waals surface area contributed by atoms with Crippen molar-refractivity contribution >= 4 is 5.91 Å². The van der Waals surface area contributed by atoms with Crippen molar-refractivity contribution < 1.29 is 18.3 Å². The maximum atomic E-state index is 14.0. The topological polar surface area (TPSA) is 45.9 Å². The molecule has 5 nitrogen and oxygen atoms in total. The molecule has 2 aliphatic heterocycles. The number of hydrogen-bond acceptors (Lipinski definition) is 4. The summed E-state index contributed by atoms with van der Waals surface area (Å²) in [4.78, 5) is 17.4. The highest BCUT2D eigenvalue weighted by atomic mass is 19.1. The fraction of sp³-hybridized carbons (Fsp3) is 0.560. The van der Waals surface area contributed by atoms with Gasteiger partial charge in [-0.2, -0.15) is 0 Å². The van der Waals surface area contributed by atoms with Crippen LogP contribution in [0.25, 0.3) is 0 Å². The Balaban J connectivity index is 1.29. The third-order valence-electron chi connectivity index (χ3n) is 6.50. The van der Waals surface area contributed by atoms with Crippen LogP contribution in [0.5, 0.6) is 0 Å². The van der Waals surface area contributed by atoms with Gasteiger partial charge in [0, 0.05) is 44.6 Å². The van der Waals surface area contributed by atoms with Crippen LogP contribution in [0.15, 0.2) is 47.1 Å². The number of carbonyl (C=O) groups excluding carboxylic acids is 1. The third kappa shape index (κ3) is 6.40. The van der Waals surface area contributed by atoms with Crippen LogP contribution in [0.3, 0.4) is 0 Å². The third-order valence-corrected chi connectivity index (χ3v) is 6.50. The van der Waals surface area contributed by atoms with E-state index in [0.29, 0.717) is 31.8 Å². The Kier molecular flexibility index (Phi) is 7.76. The second-order valence-electron chi connectivity index (χ2n) is 8.82. The van der Waals surface area contributed by atoms with E-state index in [9.17, 15) is 9.18 Å². The second-order valence-corrected chi connectivity index (χ2v) is 8.82. The van der Waals surface area contributed by atoms with Gasteiger partial charge in [-0.1, -0.05) is 18.2 Å². The van der Waals surface area contributed by atoms with Crippen molar-refractivity contribution in [1.82, 2.24) is 9.80 Å². The lowest BCUT2D eigenvalue weighted by Gasteiger charge is -2.35. The first-order chi connectivity index (χ1) is 15.2. The van der Waals surface area contributed by atoms with E-state index in [1.807, 2.05) is 29.2 Å². The monoisotopic (exact) mass is 428 g/mol. The van der Waals surface area contributed by atoms with E-state index >= 15 is 0 Å². The van der Waals surface area contributed by atoms with E-state index in [-0.39, 0.29) is 17.8 Å². The van der Waals surface area contributed by atoms with Gasteiger partial charge in [-0.05, 0) is 62.9 Å². The number of halogens is 1. The van der Waals surface area contributed by atoms with Crippen molar-refractivity contribution in [3.63, 3.8) is 0 Å². The summed E-state index contributed by atoms with van der Waals surface area (Å²) in [6, 6.07) is 10.8. The summed E-state index contributed by atoms with van der Waals surface area (Å²) < 4.78 is 25.2. The number of rotatable bonds is 9. The number of amides is 1. The van der Waals surface area contributed by atoms with E-state index in [1.165, 1.54) is 6.07 Å². The van der Waals surface area contributed by atoms with Crippen LogP contribution in [0.2, 0.25) is 0 Å². The van der Waals surface area contributed by atoms with Gasteiger partial charge >= 0.3 is 0 Å². The second kappa shape index (κ2) is 10.9. The number of carbonyl (C=O) groups is 1. The maximum Gasteiger partial charge on any atom is 0.223 e. The molecule has 2 saturated heterocycles. The summed E-state index contributed by atoms with van der Waals surface area (Å²) >= 11 is 0. The van der Waals surface area contributed by atoms with Crippen LogP contribution >= 0.6 is 0 Å². The van der Waals surface area contributed by atoms with E-state index in [2.05, 4.69) is 4.90 Å². The van der Waals surface area contributed by atoms with Crippen molar-refractivity contribution in [3.8, 4) is 0 Å². The quantitative estimate of drug-likeness (QED) is 0.598. The summed E-state index contributed by atoms with van der Waals surface area (Å²) in [5.41, 5.74) is 0.758. The van der Waals surface area contributed by atoms with Gasteiger partial charge in [0.1, 0.15) is 11.6 Å². The number of benzene rings is 1. The van der Waals surface area contributed by atoms with Gasteiger partial charge < -0.3 is 14.1 Å². The molecule has 6 heteroatoms. The van der Waals surface area contributed by atoms with E-state index < -0.39 is 0 Å². The van der Waals surface area contributed by atoms with Crippen LogP contribution in [-0.4, -0.2) is 54.6 Å². The van der Waals surface area contributed by atoms with Gasteiger partial charge in [-0.15, -0.1) is 0 Å². The number of likely N-dealkylation sites (tertiary alicyclic amines) is 1. The summed E-state index contributed by atoms with van der Waals surface area (Å²) in [7, 11) is 0. The molecule has 0 saturated carbocycles. The summed E-state index contributed by atoms with van der Waals surface area (Å²) in [6.07, 6.45) is 7.08. The van der Waals surface area contributed by atoms with E-state index in [4.69, 9.17) is 9.15 Å². The van der Waals surface area contributed by atoms with Crippen molar-refractivity contribution in [1.29, 1.82) is 0 Å². The fourth-order valence-corrected chi connectivity index (χ4v) is 4.66. The van der Waals surface area contributed by atoms with Crippen molar-refractivity contribution in [2.24, 2.45) is 5.92 Å². The summed E-state index contributed by atoms with van der Waals surface area (Å²) in [6.45, 7) is 4.80. The highest BCUT2D eigenvalue weighted by Crippen LogP contribution is 2.23. The van der Waals surface area contributed by atoms with Crippen LogP contribution < -0.4 is 0 Å². The molecule has 2 aliphatic rings. The summed E-state index contributed by atoms with van der Waals surface area (Å²) in [5.74, 6) is 1.38. The van der Waals surface area contributed by atoms with Crippen molar-refractivity contribution in [2.75, 3.05) is 32.8 Å². The van der Waals surface area contributed by atoms with Gasteiger partial charge in [-0.3, -0.25) is 9.69 Å². The molecule has 1 aromatic carbocycles. The Morgan fingerprint density at radius 2 is 1.94 bits per heavy atom. The zero-order valence-corrected chi connectivity index (χ0v) is 18.2. The molecule has 1 aromatic heterocycles. The Bertz CT molecular complexity index is 812. The van der Waals surface area contributed by atoms with Crippen LogP contribution in [-0.2, 0) is 22.5 Å². The van der Waals surface area contributed by atoms with Crippen LogP contribution in [0, 0.1) is 11.7 Å². The first kappa shape index (κ1) is 22.0. The normalized spacial score (nSPS) is 20.2. The molecule has 0 aliphatic carbocycles. The van der Waals surface area contributed by atoms with Gasteiger partial charge in [0.15, 0.2) is 0 Å². The predicted octanol–water partition coefficient (Wildman–Crippen LogP) is 4.27. The zero-order valence-electron chi connectivity index (χ0n) is 18.2. The Morgan fingerprint density at radius 1 is 1.10 bits per heavy atom. The van der Waals surface area contributed by atoms with Crippen LogP contribution in [0.1, 0.15) is 43.4 Å². The van der Waals surface area contributed by atoms with Gasteiger partial charge in [0.25, 0.3) is 0 Å². The lowest BCUT2D eigenvalue weighted by molar-refractivity contribution is -0.133. The maximum absolute atomic E-state index is 14.0. The minimum Gasteiger partial charge on any atom is -0.469 e. The SMILES string of the molecule is O=C(CCc1ccco1)N(CC1CCN(Cc2ccccc2F)CC1)C[C@H]1CCCO1. The molecule has 3 heterocycles. The standard InChI is InChI=1S/C25H33FN2O3/c26-24-8-2-1-5-21(24)18-27-13-11-20(12-14-27)17-28(19-23-7-4-16-31-23)25(29)10-9-22-6-3-15-30-22/h1-3,5-6,8,15,20,23H,4,7,9-14,16-19H2/t23-/m1/s1. The lowest BCUT2D eigenvalue weighted by atomic mass is 9.95. The molecule has 0 spiro atoms. The predicted molar refractivity (Wildman–Crippen MR) is 117 cm³/mol. The Labute approximate surface area is 184 Å². The molecular weight excluding hydrogens is 395 g/mol. The molecule has 0 bridgehead atoms. The lowest BCUT2D eigenvalue weighted by Crippen LogP contribution is -2.43. The zero-order chi connectivity index (χ0) is 21.5. The number of nitrogens with zero attached hydrogens (tertiary/aromatic N) is 2. The molecule has 168 valence electrons. The molecule has 31 heavy (non-hydrogen) atoms. The molecule has 4 rings (SSSR count). The fourth-order valence-electron chi connectivity index (χ4n) is 4.66.